The summed E-state index contributed by atoms with van der Waals surface area (Å²) in [6.45, 7) is 2.09. The summed E-state index contributed by atoms with van der Waals surface area (Å²) < 4.78 is 5.20. The summed E-state index contributed by atoms with van der Waals surface area (Å²) in [5, 5.41) is 3.54. The predicted molar refractivity (Wildman–Crippen MR) is 88.2 cm³/mol. The van der Waals surface area contributed by atoms with E-state index in [9.17, 15) is 0 Å². The maximum atomic E-state index is 5.20. The van der Waals surface area contributed by atoms with Crippen molar-refractivity contribution < 1.29 is 4.74 Å². The molecule has 1 unspecified atom stereocenters. The SMILES string of the molecule is COc1ccc(NC(c2ccc(C)cc2)c2cnc[nH]2)cc1. The van der Waals surface area contributed by atoms with E-state index in [0.717, 1.165) is 17.1 Å². The van der Waals surface area contributed by atoms with Crippen molar-refractivity contribution in [2.45, 2.75) is 13.0 Å². The number of ether oxygens (including phenoxy) is 1. The molecule has 0 bridgehead atoms. The van der Waals surface area contributed by atoms with Gasteiger partial charge in [-0.1, -0.05) is 29.8 Å². The molecule has 4 heteroatoms. The molecule has 3 rings (SSSR count). The van der Waals surface area contributed by atoms with E-state index >= 15 is 0 Å². The molecule has 0 aliphatic rings. The Balaban J connectivity index is 1.90. The molecule has 3 aromatic rings. The Bertz CT molecular complexity index is 703. The molecule has 0 saturated carbocycles. The van der Waals surface area contributed by atoms with Gasteiger partial charge in [0.25, 0.3) is 0 Å². The molecule has 1 atom stereocenters. The van der Waals surface area contributed by atoms with Gasteiger partial charge in [-0.2, -0.15) is 0 Å². The molecule has 4 nitrogen and oxygen atoms in total. The molecule has 0 aliphatic carbocycles. The van der Waals surface area contributed by atoms with Crippen LogP contribution in [-0.2, 0) is 0 Å². The lowest BCUT2D eigenvalue weighted by Gasteiger charge is -2.19. The minimum atomic E-state index is 0.0245. The average Bonchev–Trinajstić information content (AvgIpc) is 3.08. The first-order chi connectivity index (χ1) is 10.8. The largest absolute Gasteiger partial charge is 0.497 e. The molecule has 2 aromatic carbocycles. The lowest BCUT2D eigenvalue weighted by Crippen LogP contribution is -2.12. The van der Waals surface area contributed by atoms with Gasteiger partial charge in [0, 0.05) is 5.69 Å². The van der Waals surface area contributed by atoms with Crippen molar-refractivity contribution >= 4 is 5.69 Å². The Morgan fingerprint density at radius 3 is 2.36 bits per heavy atom. The van der Waals surface area contributed by atoms with Crippen LogP contribution in [0.15, 0.2) is 61.1 Å². The van der Waals surface area contributed by atoms with E-state index in [1.807, 2.05) is 30.5 Å². The highest BCUT2D eigenvalue weighted by Gasteiger charge is 2.15. The minimum absolute atomic E-state index is 0.0245. The van der Waals surface area contributed by atoms with Crippen molar-refractivity contribution in [2.24, 2.45) is 0 Å². The van der Waals surface area contributed by atoms with Crippen LogP contribution in [0.4, 0.5) is 5.69 Å². The zero-order valence-electron chi connectivity index (χ0n) is 12.7. The van der Waals surface area contributed by atoms with Crippen LogP contribution < -0.4 is 10.1 Å². The minimum Gasteiger partial charge on any atom is -0.497 e. The first-order valence-corrected chi connectivity index (χ1v) is 7.21. The molecule has 0 fully saturated rings. The van der Waals surface area contributed by atoms with Gasteiger partial charge in [-0.3, -0.25) is 0 Å². The van der Waals surface area contributed by atoms with Gasteiger partial charge in [-0.15, -0.1) is 0 Å². The summed E-state index contributed by atoms with van der Waals surface area (Å²) in [7, 11) is 1.67. The number of aromatic nitrogens is 2. The quantitative estimate of drug-likeness (QED) is 0.749. The van der Waals surface area contributed by atoms with Crippen molar-refractivity contribution in [3.63, 3.8) is 0 Å². The second-order valence-electron chi connectivity index (χ2n) is 5.22. The predicted octanol–water partition coefficient (Wildman–Crippen LogP) is 3.93. The molecule has 1 aromatic heterocycles. The zero-order valence-corrected chi connectivity index (χ0v) is 12.7. The van der Waals surface area contributed by atoms with E-state index in [0.29, 0.717) is 0 Å². The van der Waals surface area contributed by atoms with Crippen molar-refractivity contribution in [1.82, 2.24) is 9.97 Å². The van der Waals surface area contributed by atoms with Crippen LogP contribution in [0.25, 0.3) is 0 Å². The van der Waals surface area contributed by atoms with E-state index < -0.39 is 0 Å². The molecule has 0 radical (unpaired) electrons. The monoisotopic (exact) mass is 293 g/mol. The van der Waals surface area contributed by atoms with Gasteiger partial charge in [0.2, 0.25) is 0 Å². The third-order valence-corrected chi connectivity index (χ3v) is 3.64. The van der Waals surface area contributed by atoms with Gasteiger partial charge < -0.3 is 15.0 Å². The van der Waals surface area contributed by atoms with E-state index in [1.54, 1.807) is 13.4 Å². The first-order valence-electron chi connectivity index (χ1n) is 7.21. The number of nitrogens with zero attached hydrogens (tertiary/aromatic N) is 1. The summed E-state index contributed by atoms with van der Waals surface area (Å²) in [6.07, 6.45) is 3.55. The van der Waals surface area contributed by atoms with Crippen molar-refractivity contribution in [2.75, 3.05) is 12.4 Å². The molecule has 0 spiro atoms. The molecule has 2 N–H and O–H groups in total. The highest BCUT2D eigenvalue weighted by Crippen LogP contribution is 2.26. The van der Waals surface area contributed by atoms with Crippen LogP contribution in [0.3, 0.4) is 0 Å². The maximum Gasteiger partial charge on any atom is 0.119 e. The number of methoxy groups -OCH3 is 1. The van der Waals surface area contributed by atoms with Crippen LogP contribution in [-0.4, -0.2) is 17.1 Å². The van der Waals surface area contributed by atoms with Crippen LogP contribution in [0, 0.1) is 6.92 Å². The van der Waals surface area contributed by atoms with E-state index in [-0.39, 0.29) is 6.04 Å². The number of aromatic amines is 1. The third kappa shape index (κ3) is 3.11. The fourth-order valence-corrected chi connectivity index (χ4v) is 2.38. The van der Waals surface area contributed by atoms with Crippen LogP contribution in [0.1, 0.15) is 22.9 Å². The van der Waals surface area contributed by atoms with E-state index in [4.69, 9.17) is 4.74 Å². The number of nitrogens with one attached hydrogen (secondary N) is 2. The first kappa shape index (κ1) is 14.2. The Morgan fingerprint density at radius 1 is 1.05 bits per heavy atom. The van der Waals surface area contributed by atoms with Gasteiger partial charge in [0.15, 0.2) is 0 Å². The molecule has 0 amide bonds. The fourth-order valence-electron chi connectivity index (χ4n) is 2.38. The summed E-state index contributed by atoms with van der Waals surface area (Å²) in [5.41, 5.74) is 4.49. The molecule has 22 heavy (non-hydrogen) atoms. The van der Waals surface area contributed by atoms with Crippen LogP contribution in [0.5, 0.6) is 5.75 Å². The summed E-state index contributed by atoms with van der Waals surface area (Å²) in [4.78, 5) is 7.33. The summed E-state index contributed by atoms with van der Waals surface area (Å²) >= 11 is 0. The Hall–Kier alpha value is -2.75. The van der Waals surface area contributed by atoms with E-state index in [1.165, 1.54) is 11.1 Å². The number of rotatable bonds is 5. The second kappa shape index (κ2) is 6.35. The van der Waals surface area contributed by atoms with E-state index in [2.05, 4.69) is 46.5 Å². The molecule has 1 heterocycles. The highest BCUT2D eigenvalue weighted by molar-refractivity contribution is 5.50. The lowest BCUT2D eigenvalue weighted by molar-refractivity contribution is 0.415. The third-order valence-electron chi connectivity index (χ3n) is 3.64. The number of benzene rings is 2. The summed E-state index contributed by atoms with van der Waals surface area (Å²) in [5.74, 6) is 0.846. The Kier molecular flexibility index (Phi) is 4.10. The van der Waals surface area contributed by atoms with Crippen LogP contribution in [0.2, 0.25) is 0 Å². The van der Waals surface area contributed by atoms with Crippen molar-refractivity contribution in [1.29, 1.82) is 0 Å². The van der Waals surface area contributed by atoms with Gasteiger partial charge in [0.1, 0.15) is 5.75 Å². The fraction of sp³-hybridized carbons (Fsp3) is 0.167. The number of hydrogen-bond donors (Lipinski definition) is 2. The molecule has 0 saturated heterocycles. The standard InChI is InChI=1S/C18H19N3O/c1-13-3-5-14(6-4-13)18(17-11-19-12-20-17)21-15-7-9-16(22-2)10-8-15/h3-12,18,21H,1-2H3,(H,19,20). The Morgan fingerprint density at radius 2 is 1.77 bits per heavy atom. The second-order valence-corrected chi connectivity index (χ2v) is 5.22. The molecular formula is C18H19N3O. The summed E-state index contributed by atoms with van der Waals surface area (Å²) in [6, 6.07) is 16.4. The highest BCUT2D eigenvalue weighted by atomic mass is 16.5. The number of imidazole rings is 1. The number of aryl methyl sites for hydroxylation is 1. The molecule has 112 valence electrons. The molecular weight excluding hydrogens is 274 g/mol. The van der Waals surface area contributed by atoms with Gasteiger partial charge >= 0.3 is 0 Å². The topological polar surface area (TPSA) is 49.9 Å². The van der Waals surface area contributed by atoms with Gasteiger partial charge in [-0.05, 0) is 36.8 Å². The van der Waals surface area contributed by atoms with Gasteiger partial charge in [0.05, 0.1) is 31.4 Å². The normalized spacial score (nSPS) is 11.9. The van der Waals surface area contributed by atoms with Crippen molar-refractivity contribution in [3.8, 4) is 5.75 Å². The number of anilines is 1. The van der Waals surface area contributed by atoms with Gasteiger partial charge in [-0.25, -0.2) is 4.98 Å². The number of hydrogen-bond acceptors (Lipinski definition) is 3. The van der Waals surface area contributed by atoms with Crippen molar-refractivity contribution in [3.05, 3.63) is 77.9 Å². The average molecular weight is 293 g/mol. The zero-order chi connectivity index (χ0) is 15.4. The molecule has 0 aliphatic heterocycles. The number of H-pyrrole nitrogens is 1. The Labute approximate surface area is 130 Å². The lowest BCUT2D eigenvalue weighted by atomic mass is 10.0. The smallest absolute Gasteiger partial charge is 0.119 e. The maximum absolute atomic E-state index is 5.20. The van der Waals surface area contributed by atoms with Crippen LogP contribution >= 0.6 is 0 Å².